The molecule has 1 N–H and O–H groups in total. The number of nitrogens with one attached hydrogen (secondary N) is 1. The third kappa shape index (κ3) is 2.54. The summed E-state index contributed by atoms with van der Waals surface area (Å²) in [5, 5.41) is 5.44. The number of aromatic nitrogens is 3. The molecular weight excluding hydrogens is 334 g/mol. The minimum atomic E-state index is -0.117. The highest BCUT2D eigenvalue weighted by molar-refractivity contribution is 5.87. The molecule has 0 aliphatic heterocycles. The van der Waals surface area contributed by atoms with Gasteiger partial charge in [-0.3, -0.25) is 9.89 Å². The Kier molecular flexibility index (Phi) is 3.44. The molecule has 0 bridgehead atoms. The van der Waals surface area contributed by atoms with Crippen LogP contribution in [0, 0.1) is 6.92 Å². The van der Waals surface area contributed by atoms with Crippen molar-refractivity contribution >= 4 is 16.4 Å². The average Bonchev–Trinajstić information content (AvgIpc) is 3.05. The molecule has 0 atom stereocenters. The van der Waals surface area contributed by atoms with E-state index < -0.39 is 0 Å². The fourth-order valence-corrected chi connectivity index (χ4v) is 3.60. The first-order valence-corrected chi connectivity index (χ1v) is 8.88. The molecule has 27 heavy (non-hydrogen) atoms. The first kappa shape index (κ1) is 15.6. The summed E-state index contributed by atoms with van der Waals surface area (Å²) in [5.41, 5.74) is 5.06. The highest BCUT2D eigenvalue weighted by Gasteiger charge is 2.15. The van der Waals surface area contributed by atoms with Crippen LogP contribution in [-0.4, -0.2) is 14.6 Å². The quantitative estimate of drug-likeness (QED) is 0.496. The van der Waals surface area contributed by atoms with Crippen LogP contribution in [0.1, 0.15) is 5.69 Å². The van der Waals surface area contributed by atoms with Crippen LogP contribution in [0.2, 0.25) is 0 Å². The van der Waals surface area contributed by atoms with Crippen molar-refractivity contribution in [2.75, 3.05) is 0 Å². The fourth-order valence-electron chi connectivity index (χ4n) is 3.60. The Balaban J connectivity index is 1.77. The fraction of sp³-hybridized carbons (Fsp3) is 0.0435. The Bertz CT molecular complexity index is 1350. The van der Waals surface area contributed by atoms with Crippen LogP contribution in [0.5, 0.6) is 0 Å². The molecule has 0 amide bonds. The molecule has 0 radical (unpaired) electrons. The Labute approximate surface area is 155 Å². The maximum atomic E-state index is 12.7. The number of aromatic amines is 1. The van der Waals surface area contributed by atoms with Crippen molar-refractivity contribution < 1.29 is 0 Å². The zero-order valence-electron chi connectivity index (χ0n) is 14.8. The predicted octanol–water partition coefficient (Wildman–Crippen LogP) is 4.82. The molecule has 3 aromatic carbocycles. The van der Waals surface area contributed by atoms with Crippen LogP contribution in [0.25, 0.3) is 38.8 Å². The lowest BCUT2D eigenvalue weighted by atomic mass is 10.0. The number of H-pyrrole nitrogens is 1. The Hall–Kier alpha value is -3.66. The van der Waals surface area contributed by atoms with Crippen LogP contribution in [0.15, 0.2) is 83.7 Å². The molecule has 0 fully saturated rings. The molecule has 4 heteroatoms. The Morgan fingerprint density at radius 1 is 0.815 bits per heavy atom. The van der Waals surface area contributed by atoms with E-state index in [0.29, 0.717) is 11.3 Å². The molecule has 0 aliphatic rings. The van der Waals surface area contributed by atoms with Gasteiger partial charge in [0.15, 0.2) is 5.65 Å². The minimum Gasteiger partial charge on any atom is -0.293 e. The molecule has 4 nitrogen and oxygen atoms in total. The molecule has 0 saturated heterocycles. The third-order valence-corrected chi connectivity index (χ3v) is 4.90. The number of fused-ring (bicyclic) bond motifs is 2. The van der Waals surface area contributed by atoms with Crippen molar-refractivity contribution in [3.8, 4) is 22.4 Å². The molecule has 130 valence electrons. The summed E-state index contributed by atoms with van der Waals surface area (Å²) < 4.78 is 1.52. The van der Waals surface area contributed by atoms with Crippen molar-refractivity contribution in [1.29, 1.82) is 0 Å². The summed E-state index contributed by atoms with van der Waals surface area (Å²) in [7, 11) is 0. The molecule has 0 aliphatic carbocycles. The van der Waals surface area contributed by atoms with Crippen LogP contribution < -0.4 is 5.56 Å². The molecular formula is C23H17N3O. The normalized spacial score (nSPS) is 11.3. The van der Waals surface area contributed by atoms with Gasteiger partial charge >= 0.3 is 0 Å². The molecule has 5 rings (SSSR count). The number of hydrogen-bond donors (Lipinski definition) is 1. The van der Waals surface area contributed by atoms with Crippen molar-refractivity contribution in [3.63, 3.8) is 0 Å². The van der Waals surface area contributed by atoms with Gasteiger partial charge in [0.1, 0.15) is 0 Å². The number of benzene rings is 3. The largest absolute Gasteiger partial charge is 0.293 e. The van der Waals surface area contributed by atoms with Crippen LogP contribution in [-0.2, 0) is 0 Å². The summed E-state index contributed by atoms with van der Waals surface area (Å²) in [5.74, 6) is 0. The van der Waals surface area contributed by atoms with E-state index in [0.717, 1.165) is 27.8 Å². The summed E-state index contributed by atoms with van der Waals surface area (Å²) in [6, 6.07) is 26.0. The predicted molar refractivity (Wildman–Crippen MR) is 109 cm³/mol. The number of hydrogen-bond acceptors (Lipinski definition) is 2. The Morgan fingerprint density at radius 3 is 2.37 bits per heavy atom. The molecule has 0 spiro atoms. The summed E-state index contributed by atoms with van der Waals surface area (Å²) >= 11 is 0. The highest BCUT2D eigenvalue weighted by Crippen LogP contribution is 2.28. The second-order valence-corrected chi connectivity index (χ2v) is 6.68. The summed E-state index contributed by atoms with van der Waals surface area (Å²) in [6.07, 6.45) is 0. The maximum Gasteiger partial charge on any atom is 0.273 e. The van der Waals surface area contributed by atoms with E-state index in [1.807, 2.05) is 55.5 Å². The van der Waals surface area contributed by atoms with E-state index in [4.69, 9.17) is 4.98 Å². The Morgan fingerprint density at radius 2 is 1.56 bits per heavy atom. The number of rotatable bonds is 2. The van der Waals surface area contributed by atoms with Crippen molar-refractivity contribution in [3.05, 3.63) is 94.9 Å². The van der Waals surface area contributed by atoms with E-state index >= 15 is 0 Å². The van der Waals surface area contributed by atoms with Crippen LogP contribution in [0.4, 0.5) is 0 Å². The van der Waals surface area contributed by atoms with Gasteiger partial charge in [-0.25, -0.2) is 9.50 Å². The minimum absolute atomic E-state index is 0.117. The van der Waals surface area contributed by atoms with E-state index in [1.54, 1.807) is 6.07 Å². The van der Waals surface area contributed by atoms with Crippen LogP contribution in [0.3, 0.4) is 0 Å². The molecule has 0 unspecified atom stereocenters. The third-order valence-electron chi connectivity index (χ3n) is 4.90. The average molecular weight is 351 g/mol. The maximum absolute atomic E-state index is 12.7. The lowest BCUT2D eigenvalue weighted by Crippen LogP contribution is -2.14. The van der Waals surface area contributed by atoms with Gasteiger partial charge < -0.3 is 0 Å². The lowest BCUT2D eigenvalue weighted by Gasteiger charge is -2.05. The van der Waals surface area contributed by atoms with Gasteiger partial charge in [0.05, 0.1) is 5.69 Å². The van der Waals surface area contributed by atoms with E-state index in [9.17, 15) is 4.79 Å². The summed E-state index contributed by atoms with van der Waals surface area (Å²) in [4.78, 5) is 17.6. The van der Waals surface area contributed by atoms with E-state index in [1.165, 1.54) is 9.90 Å². The van der Waals surface area contributed by atoms with Crippen molar-refractivity contribution in [2.45, 2.75) is 6.92 Å². The first-order chi connectivity index (χ1) is 13.2. The molecule has 2 heterocycles. The smallest absolute Gasteiger partial charge is 0.273 e. The topological polar surface area (TPSA) is 50.2 Å². The molecule has 2 aromatic heterocycles. The zero-order valence-corrected chi connectivity index (χ0v) is 14.8. The first-order valence-electron chi connectivity index (χ1n) is 8.88. The van der Waals surface area contributed by atoms with E-state index in [2.05, 4.69) is 29.4 Å². The molecule has 0 saturated carbocycles. The molecule has 5 aromatic rings. The van der Waals surface area contributed by atoms with Gasteiger partial charge in [0, 0.05) is 22.9 Å². The van der Waals surface area contributed by atoms with Crippen molar-refractivity contribution in [2.24, 2.45) is 0 Å². The number of aryl methyl sites for hydroxylation is 1. The lowest BCUT2D eigenvalue weighted by molar-refractivity contribution is 0.882. The number of nitrogens with zero attached hydrogens (tertiary/aromatic N) is 2. The van der Waals surface area contributed by atoms with Gasteiger partial charge in [-0.05, 0) is 29.3 Å². The highest BCUT2D eigenvalue weighted by atomic mass is 16.1. The van der Waals surface area contributed by atoms with Gasteiger partial charge in [0.25, 0.3) is 5.56 Å². The van der Waals surface area contributed by atoms with Gasteiger partial charge in [-0.1, -0.05) is 66.7 Å². The monoisotopic (exact) mass is 351 g/mol. The second kappa shape index (κ2) is 5.95. The van der Waals surface area contributed by atoms with Gasteiger partial charge in [0.2, 0.25) is 0 Å². The van der Waals surface area contributed by atoms with Gasteiger partial charge in [-0.2, -0.15) is 0 Å². The summed E-state index contributed by atoms with van der Waals surface area (Å²) in [6.45, 7) is 1.96. The van der Waals surface area contributed by atoms with Crippen LogP contribution >= 0.6 is 0 Å². The second-order valence-electron chi connectivity index (χ2n) is 6.68. The standard InChI is InChI=1S/C23H17N3O/c1-15-22(17-8-3-2-4-9-17)23-24-20(14-21(27)26(23)25-15)19-12-11-16-7-5-6-10-18(16)13-19/h2-14,25H,1H3. The zero-order chi connectivity index (χ0) is 18.4. The SMILES string of the molecule is Cc1[nH]n2c(=O)cc(-c3ccc4ccccc4c3)nc2c1-c1ccccc1. The van der Waals surface area contributed by atoms with Gasteiger partial charge in [-0.15, -0.1) is 0 Å². The van der Waals surface area contributed by atoms with Crippen molar-refractivity contribution in [1.82, 2.24) is 14.6 Å². The van der Waals surface area contributed by atoms with E-state index in [-0.39, 0.29) is 5.56 Å².